The van der Waals surface area contributed by atoms with Crippen molar-refractivity contribution in [2.45, 2.75) is 13.3 Å². The fraction of sp³-hybridized carbons (Fsp3) is 0.200. The molecule has 0 saturated heterocycles. The summed E-state index contributed by atoms with van der Waals surface area (Å²) < 4.78 is 0. The van der Waals surface area contributed by atoms with Crippen molar-refractivity contribution >= 4 is 28.7 Å². The highest BCUT2D eigenvalue weighted by Crippen LogP contribution is 2.25. The van der Waals surface area contributed by atoms with E-state index < -0.39 is 0 Å². The number of thiocarbonyl (C=S) groups is 1. The number of nitrogens with zero attached hydrogens (tertiary/aromatic N) is 2. The van der Waals surface area contributed by atoms with Gasteiger partial charge in [0.25, 0.3) is 0 Å². The second-order valence-corrected chi connectivity index (χ2v) is 4.87. The fourth-order valence-corrected chi connectivity index (χ4v) is 2.04. The Morgan fingerprint density at radius 2 is 1.95 bits per heavy atom. The highest BCUT2D eigenvalue weighted by atomic mass is 32.1. The third-order valence-electron chi connectivity index (χ3n) is 2.89. The van der Waals surface area contributed by atoms with Crippen molar-refractivity contribution in [3.63, 3.8) is 0 Å². The van der Waals surface area contributed by atoms with Crippen LogP contribution in [0, 0.1) is 6.92 Å². The minimum absolute atomic E-state index is 0.523. The van der Waals surface area contributed by atoms with Gasteiger partial charge in [0.05, 0.1) is 4.99 Å². The van der Waals surface area contributed by atoms with E-state index in [0.29, 0.717) is 11.4 Å². The van der Waals surface area contributed by atoms with Crippen LogP contribution in [0.3, 0.4) is 0 Å². The summed E-state index contributed by atoms with van der Waals surface area (Å²) in [6.07, 6.45) is 2.47. The minimum atomic E-state index is 0.523. The van der Waals surface area contributed by atoms with Gasteiger partial charge in [-0.2, -0.15) is 0 Å². The lowest BCUT2D eigenvalue weighted by Gasteiger charge is -2.25. The van der Waals surface area contributed by atoms with Crippen molar-refractivity contribution in [3.05, 3.63) is 54.2 Å². The monoisotopic (exact) mass is 271 g/mol. The molecule has 4 heteroatoms. The molecule has 0 unspecified atom stereocenters. The van der Waals surface area contributed by atoms with Gasteiger partial charge in [-0.15, -0.1) is 0 Å². The lowest BCUT2D eigenvalue weighted by Crippen LogP contribution is -2.24. The summed E-state index contributed by atoms with van der Waals surface area (Å²) in [4.78, 5) is 7.14. The average molecular weight is 271 g/mol. The molecule has 2 rings (SSSR count). The van der Waals surface area contributed by atoms with E-state index in [0.717, 1.165) is 23.6 Å². The zero-order valence-electron chi connectivity index (χ0n) is 10.9. The summed E-state index contributed by atoms with van der Waals surface area (Å²) in [5.74, 6) is 0.949. The van der Waals surface area contributed by atoms with Crippen LogP contribution in [0.5, 0.6) is 0 Å². The number of para-hydroxylation sites is 1. The van der Waals surface area contributed by atoms with Gasteiger partial charge in [-0.05, 0) is 30.7 Å². The number of hydrogen-bond donors (Lipinski definition) is 1. The SMILES string of the molecule is Cc1cccnc1N(CCC(N)=S)c1ccccc1. The largest absolute Gasteiger partial charge is 0.393 e. The van der Waals surface area contributed by atoms with E-state index in [1.807, 2.05) is 24.3 Å². The first kappa shape index (κ1) is 13.5. The zero-order valence-corrected chi connectivity index (χ0v) is 11.7. The molecule has 0 aliphatic carbocycles. The second kappa shape index (κ2) is 6.29. The van der Waals surface area contributed by atoms with Gasteiger partial charge < -0.3 is 10.6 Å². The Hall–Kier alpha value is -1.94. The van der Waals surface area contributed by atoms with Crippen molar-refractivity contribution in [3.8, 4) is 0 Å². The Labute approximate surface area is 119 Å². The molecule has 0 radical (unpaired) electrons. The Morgan fingerprint density at radius 1 is 1.21 bits per heavy atom. The molecule has 1 aromatic heterocycles. The predicted molar refractivity (Wildman–Crippen MR) is 83.8 cm³/mol. The maximum Gasteiger partial charge on any atom is 0.135 e. The molecule has 0 atom stereocenters. The van der Waals surface area contributed by atoms with Gasteiger partial charge in [-0.3, -0.25) is 0 Å². The van der Waals surface area contributed by atoms with Crippen LogP contribution >= 0.6 is 12.2 Å². The van der Waals surface area contributed by atoms with Crippen LogP contribution in [0.25, 0.3) is 0 Å². The first-order valence-electron chi connectivity index (χ1n) is 6.21. The van der Waals surface area contributed by atoms with Gasteiger partial charge in [0, 0.05) is 24.8 Å². The Kier molecular flexibility index (Phi) is 4.47. The summed E-state index contributed by atoms with van der Waals surface area (Å²) >= 11 is 4.98. The minimum Gasteiger partial charge on any atom is -0.393 e. The van der Waals surface area contributed by atoms with E-state index in [9.17, 15) is 0 Å². The van der Waals surface area contributed by atoms with Gasteiger partial charge in [-0.25, -0.2) is 4.98 Å². The molecule has 0 saturated carbocycles. The van der Waals surface area contributed by atoms with Gasteiger partial charge in [0.15, 0.2) is 0 Å². The highest BCUT2D eigenvalue weighted by molar-refractivity contribution is 7.80. The lowest BCUT2D eigenvalue weighted by atomic mass is 10.2. The van der Waals surface area contributed by atoms with Gasteiger partial charge >= 0.3 is 0 Å². The molecule has 0 aliphatic heterocycles. The number of hydrogen-bond acceptors (Lipinski definition) is 3. The molecular formula is C15H17N3S. The summed E-state index contributed by atoms with van der Waals surface area (Å²) in [5.41, 5.74) is 7.85. The lowest BCUT2D eigenvalue weighted by molar-refractivity contribution is 0.936. The second-order valence-electron chi connectivity index (χ2n) is 4.35. The van der Waals surface area contributed by atoms with Crippen LogP contribution in [-0.2, 0) is 0 Å². The Morgan fingerprint density at radius 3 is 2.58 bits per heavy atom. The number of benzene rings is 1. The molecule has 0 amide bonds. The molecular weight excluding hydrogens is 254 g/mol. The molecule has 19 heavy (non-hydrogen) atoms. The number of pyridine rings is 1. The standard InChI is InChI=1S/C15H17N3S/c1-12-6-5-10-17-15(12)18(11-9-14(16)19)13-7-3-2-4-8-13/h2-8,10H,9,11H2,1H3,(H2,16,19). The first-order valence-corrected chi connectivity index (χ1v) is 6.62. The van der Waals surface area contributed by atoms with Crippen molar-refractivity contribution in [2.75, 3.05) is 11.4 Å². The van der Waals surface area contributed by atoms with Gasteiger partial charge in [0.2, 0.25) is 0 Å². The topological polar surface area (TPSA) is 42.2 Å². The summed E-state index contributed by atoms with van der Waals surface area (Å²) in [6, 6.07) is 14.2. The van der Waals surface area contributed by atoms with Crippen molar-refractivity contribution in [2.24, 2.45) is 5.73 Å². The summed E-state index contributed by atoms with van der Waals surface area (Å²) in [6.45, 7) is 2.79. The fourth-order valence-electron chi connectivity index (χ4n) is 1.95. The van der Waals surface area contributed by atoms with Crippen LogP contribution in [0.1, 0.15) is 12.0 Å². The Balaban J connectivity index is 2.35. The van der Waals surface area contributed by atoms with Crippen molar-refractivity contribution in [1.82, 2.24) is 4.98 Å². The number of nitrogens with two attached hydrogens (primary N) is 1. The third-order valence-corrected chi connectivity index (χ3v) is 3.09. The van der Waals surface area contributed by atoms with Gasteiger partial charge in [0.1, 0.15) is 5.82 Å². The van der Waals surface area contributed by atoms with E-state index in [-0.39, 0.29) is 0 Å². The van der Waals surface area contributed by atoms with Crippen LogP contribution in [0.2, 0.25) is 0 Å². The van der Waals surface area contributed by atoms with Crippen LogP contribution in [-0.4, -0.2) is 16.5 Å². The van der Waals surface area contributed by atoms with Crippen LogP contribution in [0.4, 0.5) is 11.5 Å². The van der Waals surface area contributed by atoms with Crippen molar-refractivity contribution in [1.29, 1.82) is 0 Å². The molecule has 1 heterocycles. The summed E-state index contributed by atoms with van der Waals surface area (Å²) in [5, 5.41) is 0. The van der Waals surface area contributed by atoms with Crippen molar-refractivity contribution < 1.29 is 0 Å². The number of anilines is 2. The predicted octanol–water partition coefficient (Wildman–Crippen LogP) is 3.20. The van der Waals surface area contributed by atoms with E-state index in [2.05, 4.69) is 35.0 Å². The third kappa shape index (κ3) is 3.51. The van der Waals surface area contributed by atoms with E-state index in [1.54, 1.807) is 6.20 Å². The molecule has 2 aromatic rings. The van der Waals surface area contributed by atoms with Gasteiger partial charge in [-0.1, -0.05) is 36.5 Å². The number of rotatable bonds is 5. The smallest absolute Gasteiger partial charge is 0.135 e. The molecule has 0 aliphatic rings. The first-order chi connectivity index (χ1) is 9.18. The van der Waals surface area contributed by atoms with E-state index >= 15 is 0 Å². The quantitative estimate of drug-likeness (QED) is 0.848. The average Bonchev–Trinajstić information content (AvgIpc) is 2.42. The highest BCUT2D eigenvalue weighted by Gasteiger charge is 2.12. The zero-order chi connectivity index (χ0) is 13.7. The van der Waals surface area contributed by atoms with Crippen LogP contribution in [0.15, 0.2) is 48.7 Å². The van der Waals surface area contributed by atoms with E-state index in [4.69, 9.17) is 18.0 Å². The maximum atomic E-state index is 5.62. The normalized spacial score (nSPS) is 10.2. The summed E-state index contributed by atoms with van der Waals surface area (Å²) in [7, 11) is 0. The molecule has 2 N–H and O–H groups in total. The Bertz CT molecular complexity index is 554. The molecule has 0 bridgehead atoms. The number of aromatic nitrogens is 1. The molecule has 98 valence electrons. The molecule has 0 fully saturated rings. The van der Waals surface area contributed by atoms with E-state index in [1.165, 1.54) is 0 Å². The maximum absolute atomic E-state index is 5.62. The number of aryl methyl sites for hydroxylation is 1. The molecule has 1 aromatic carbocycles. The molecule has 3 nitrogen and oxygen atoms in total. The molecule has 0 spiro atoms. The van der Waals surface area contributed by atoms with Crippen LogP contribution < -0.4 is 10.6 Å².